The number of hydrogen-bond acceptors (Lipinski definition) is 2. The monoisotopic (exact) mass is 197 g/mol. The molecule has 0 aliphatic carbocycles. The average Bonchev–Trinajstić information content (AvgIpc) is 2.18. The Labute approximate surface area is 83.6 Å². The van der Waals surface area contributed by atoms with Crippen molar-refractivity contribution in [1.29, 1.82) is 0 Å². The lowest BCUT2D eigenvalue weighted by molar-refractivity contribution is 0.276. The Morgan fingerprint density at radius 2 is 2.21 bits per heavy atom. The summed E-state index contributed by atoms with van der Waals surface area (Å²) in [5.74, 6) is -0.273. The largest absolute Gasteiger partial charge is 0.396 e. The van der Waals surface area contributed by atoms with Gasteiger partial charge in [-0.15, -0.1) is 0 Å². The van der Waals surface area contributed by atoms with Gasteiger partial charge in [0.2, 0.25) is 0 Å². The molecule has 1 aromatic rings. The van der Waals surface area contributed by atoms with E-state index in [4.69, 9.17) is 10.8 Å². The summed E-state index contributed by atoms with van der Waals surface area (Å²) in [7, 11) is 0. The Bertz CT molecular complexity index is 301. The van der Waals surface area contributed by atoms with E-state index in [2.05, 4.69) is 0 Å². The number of rotatable bonds is 4. The maximum Gasteiger partial charge on any atom is 0.123 e. The molecular weight excluding hydrogens is 181 g/mol. The minimum atomic E-state index is -0.273. The molecule has 0 spiro atoms. The van der Waals surface area contributed by atoms with Crippen LogP contribution in [0.5, 0.6) is 0 Å². The van der Waals surface area contributed by atoms with Gasteiger partial charge in [0.05, 0.1) is 0 Å². The van der Waals surface area contributed by atoms with Gasteiger partial charge in [0.25, 0.3) is 0 Å². The molecule has 0 saturated carbocycles. The van der Waals surface area contributed by atoms with E-state index in [1.54, 1.807) is 6.07 Å². The van der Waals surface area contributed by atoms with Crippen LogP contribution < -0.4 is 5.73 Å². The van der Waals surface area contributed by atoms with Crippen LogP contribution in [-0.2, 0) is 6.42 Å². The van der Waals surface area contributed by atoms with Crippen LogP contribution in [0.3, 0.4) is 0 Å². The molecule has 0 bridgehead atoms. The SMILES string of the molecule is CCc1ccc(F)cc1C(N)CCO. The predicted octanol–water partition coefficient (Wildman–Crippen LogP) is 1.77. The molecule has 1 unspecified atom stereocenters. The number of aryl methyl sites for hydroxylation is 1. The van der Waals surface area contributed by atoms with Gasteiger partial charge in [0.15, 0.2) is 0 Å². The standard InChI is InChI=1S/C11H16FNO/c1-2-8-3-4-9(12)7-10(8)11(13)5-6-14/h3-4,7,11,14H,2,5-6,13H2,1H3. The summed E-state index contributed by atoms with van der Waals surface area (Å²) in [6.45, 7) is 2.03. The van der Waals surface area contributed by atoms with E-state index in [1.165, 1.54) is 12.1 Å². The summed E-state index contributed by atoms with van der Waals surface area (Å²) in [5, 5.41) is 8.76. The zero-order valence-corrected chi connectivity index (χ0v) is 8.33. The van der Waals surface area contributed by atoms with Crippen LogP contribution in [0.15, 0.2) is 18.2 Å². The fourth-order valence-corrected chi connectivity index (χ4v) is 1.53. The van der Waals surface area contributed by atoms with Crippen LogP contribution in [-0.4, -0.2) is 11.7 Å². The number of nitrogens with two attached hydrogens (primary N) is 1. The lowest BCUT2D eigenvalue weighted by Gasteiger charge is -2.14. The fraction of sp³-hybridized carbons (Fsp3) is 0.455. The molecule has 0 heterocycles. The molecule has 14 heavy (non-hydrogen) atoms. The van der Waals surface area contributed by atoms with Crippen molar-refractivity contribution in [2.75, 3.05) is 6.61 Å². The van der Waals surface area contributed by atoms with Crippen molar-refractivity contribution in [3.8, 4) is 0 Å². The molecule has 78 valence electrons. The smallest absolute Gasteiger partial charge is 0.123 e. The molecule has 3 N–H and O–H groups in total. The van der Waals surface area contributed by atoms with Crippen LogP contribution in [0, 0.1) is 5.82 Å². The number of hydrogen-bond donors (Lipinski definition) is 2. The van der Waals surface area contributed by atoms with Gasteiger partial charge >= 0.3 is 0 Å². The molecule has 0 radical (unpaired) electrons. The molecule has 0 aromatic heterocycles. The average molecular weight is 197 g/mol. The van der Waals surface area contributed by atoms with Gasteiger partial charge in [0.1, 0.15) is 5.82 Å². The molecular formula is C11H16FNO. The van der Waals surface area contributed by atoms with Crippen molar-refractivity contribution in [2.45, 2.75) is 25.8 Å². The Kier molecular flexibility index (Phi) is 4.04. The second-order valence-corrected chi connectivity index (χ2v) is 3.32. The van der Waals surface area contributed by atoms with E-state index in [9.17, 15) is 4.39 Å². The van der Waals surface area contributed by atoms with E-state index in [-0.39, 0.29) is 18.5 Å². The summed E-state index contributed by atoms with van der Waals surface area (Å²) in [6.07, 6.45) is 1.30. The van der Waals surface area contributed by atoms with Crippen molar-refractivity contribution in [3.63, 3.8) is 0 Å². The first-order chi connectivity index (χ1) is 6.69. The lowest BCUT2D eigenvalue weighted by atomic mass is 9.97. The van der Waals surface area contributed by atoms with E-state index >= 15 is 0 Å². The minimum Gasteiger partial charge on any atom is -0.396 e. The highest BCUT2D eigenvalue weighted by Gasteiger charge is 2.10. The molecule has 1 atom stereocenters. The second-order valence-electron chi connectivity index (χ2n) is 3.32. The second kappa shape index (κ2) is 5.08. The van der Waals surface area contributed by atoms with Gasteiger partial charge in [-0.1, -0.05) is 13.0 Å². The molecule has 0 fully saturated rings. The molecule has 0 amide bonds. The Hall–Kier alpha value is -0.930. The summed E-state index contributed by atoms with van der Waals surface area (Å²) in [4.78, 5) is 0. The third-order valence-corrected chi connectivity index (χ3v) is 2.33. The summed E-state index contributed by atoms with van der Waals surface area (Å²) in [6, 6.07) is 4.38. The number of halogens is 1. The van der Waals surface area contributed by atoms with Crippen molar-refractivity contribution >= 4 is 0 Å². The van der Waals surface area contributed by atoms with Gasteiger partial charge in [-0.3, -0.25) is 0 Å². The fourth-order valence-electron chi connectivity index (χ4n) is 1.53. The van der Waals surface area contributed by atoms with Gasteiger partial charge in [-0.25, -0.2) is 4.39 Å². The third kappa shape index (κ3) is 2.53. The first-order valence-electron chi connectivity index (χ1n) is 4.83. The van der Waals surface area contributed by atoms with Crippen LogP contribution in [0.4, 0.5) is 4.39 Å². The zero-order valence-electron chi connectivity index (χ0n) is 8.33. The van der Waals surface area contributed by atoms with Gasteiger partial charge in [0, 0.05) is 12.6 Å². The highest BCUT2D eigenvalue weighted by atomic mass is 19.1. The van der Waals surface area contributed by atoms with Crippen molar-refractivity contribution in [1.82, 2.24) is 0 Å². The zero-order chi connectivity index (χ0) is 10.6. The minimum absolute atomic E-state index is 0.0286. The summed E-state index contributed by atoms with van der Waals surface area (Å²) >= 11 is 0. The van der Waals surface area contributed by atoms with Gasteiger partial charge in [-0.05, 0) is 36.1 Å². The molecule has 1 rings (SSSR count). The quantitative estimate of drug-likeness (QED) is 0.772. The molecule has 2 nitrogen and oxygen atoms in total. The van der Waals surface area contributed by atoms with E-state index in [1.807, 2.05) is 6.92 Å². The van der Waals surface area contributed by atoms with Crippen LogP contribution >= 0.6 is 0 Å². The normalized spacial score (nSPS) is 12.9. The topological polar surface area (TPSA) is 46.2 Å². The maximum atomic E-state index is 13.0. The highest BCUT2D eigenvalue weighted by Crippen LogP contribution is 2.20. The molecule has 0 aliphatic heterocycles. The van der Waals surface area contributed by atoms with Crippen molar-refractivity contribution in [3.05, 3.63) is 35.1 Å². The van der Waals surface area contributed by atoms with Crippen molar-refractivity contribution < 1.29 is 9.50 Å². The van der Waals surface area contributed by atoms with E-state index in [0.29, 0.717) is 6.42 Å². The Morgan fingerprint density at radius 3 is 2.79 bits per heavy atom. The summed E-state index contributed by atoms with van der Waals surface area (Å²) in [5.41, 5.74) is 7.68. The van der Waals surface area contributed by atoms with Crippen LogP contribution in [0.25, 0.3) is 0 Å². The van der Waals surface area contributed by atoms with Gasteiger partial charge in [-0.2, -0.15) is 0 Å². The Morgan fingerprint density at radius 1 is 1.50 bits per heavy atom. The first-order valence-corrected chi connectivity index (χ1v) is 4.83. The molecule has 1 aromatic carbocycles. The predicted molar refractivity (Wildman–Crippen MR) is 54.4 cm³/mol. The van der Waals surface area contributed by atoms with Crippen LogP contribution in [0.2, 0.25) is 0 Å². The maximum absolute atomic E-state index is 13.0. The van der Waals surface area contributed by atoms with Gasteiger partial charge < -0.3 is 10.8 Å². The highest BCUT2D eigenvalue weighted by molar-refractivity contribution is 5.30. The van der Waals surface area contributed by atoms with Crippen molar-refractivity contribution in [2.24, 2.45) is 5.73 Å². The van der Waals surface area contributed by atoms with Crippen LogP contribution in [0.1, 0.15) is 30.5 Å². The first kappa shape index (κ1) is 11.1. The number of aliphatic hydroxyl groups is 1. The number of aliphatic hydroxyl groups excluding tert-OH is 1. The number of benzene rings is 1. The van der Waals surface area contributed by atoms with E-state index in [0.717, 1.165) is 17.5 Å². The third-order valence-electron chi connectivity index (χ3n) is 2.33. The molecule has 0 saturated heterocycles. The summed E-state index contributed by atoms with van der Waals surface area (Å²) < 4.78 is 13.0. The molecule has 0 aliphatic rings. The van der Waals surface area contributed by atoms with E-state index < -0.39 is 0 Å². The Balaban J connectivity index is 2.97. The molecule has 3 heteroatoms. The lowest BCUT2D eigenvalue weighted by Crippen LogP contribution is -2.14.